The van der Waals surface area contributed by atoms with Crippen molar-refractivity contribution in [3.63, 3.8) is 0 Å². The van der Waals surface area contributed by atoms with Gasteiger partial charge in [0.25, 0.3) is 0 Å². The highest BCUT2D eigenvalue weighted by atomic mass is 16.5. The minimum atomic E-state index is 0.800. The molecular formula is C23H40O. The quantitative estimate of drug-likeness (QED) is 0.328. The predicted molar refractivity (Wildman–Crippen MR) is 105 cm³/mol. The lowest BCUT2D eigenvalue weighted by molar-refractivity contribution is 0.0779. The van der Waals surface area contributed by atoms with Crippen LogP contribution in [0.1, 0.15) is 84.5 Å². The maximum absolute atomic E-state index is 5.77. The maximum atomic E-state index is 5.77. The van der Waals surface area contributed by atoms with Crippen LogP contribution in [0.15, 0.2) is 24.3 Å². The number of hydrogen-bond acceptors (Lipinski definition) is 1. The topological polar surface area (TPSA) is 9.23 Å². The van der Waals surface area contributed by atoms with Crippen molar-refractivity contribution in [3.8, 4) is 0 Å². The summed E-state index contributed by atoms with van der Waals surface area (Å²) in [6, 6.07) is 0. The van der Waals surface area contributed by atoms with E-state index >= 15 is 0 Å². The third kappa shape index (κ3) is 7.13. The van der Waals surface area contributed by atoms with Gasteiger partial charge in [0.15, 0.2) is 0 Å². The largest absolute Gasteiger partial charge is 0.377 e. The Morgan fingerprint density at radius 2 is 1.33 bits per heavy atom. The molecule has 0 aromatic rings. The molecule has 2 saturated carbocycles. The highest BCUT2D eigenvalue weighted by Crippen LogP contribution is 2.42. The van der Waals surface area contributed by atoms with Crippen LogP contribution < -0.4 is 0 Å². The molecule has 138 valence electrons. The van der Waals surface area contributed by atoms with Gasteiger partial charge < -0.3 is 4.74 Å². The van der Waals surface area contributed by atoms with Crippen LogP contribution in [0, 0.1) is 23.7 Å². The van der Waals surface area contributed by atoms with E-state index in [1.807, 2.05) is 0 Å². The second kappa shape index (κ2) is 11.9. The van der Waals surface area contributed by atoms with E-state index in [1.165, 1.54) is 70.6 Å². The van der Waals surface area contributed by atoms with Crippen molar-refractivity contribution in [1.82, 2.24) is 0 Å². The first kappa shape index (κ1) is 19.8. The third-order valence-electron chi connectivity index (χ3n) is 6.47. The van der Waals surface area contributed by atoms with Gasteiger partial charge in [0.1, 0.15) is 0 Å². The first-order valence-electron chi connectivity index (χ1n) is 10.6. The van der Waals surface area contributed by atoms with Gasteiger partial charge in [0.2, 0.25) is 0 Å². The number of ether oxygens (including phenoxy) is 1. The van der Waals surface area contributed by atoms with Crippen molar-refractivity contribution in [2.24, 2.45) is 23.7 Å². The summed E-state index contributed by atoms with van der Waals surface area (Å²) in [5.41, 5.74) is 0. The lowest BCUT2D eigenvalue weighted by Crippen LogP contribution is -2.27. The molecule has 0 unspecified atom stereocenters. The molecule has 24 heavy (non-hydrogen) atoms. The SMILES string of the molecule is C/C=C\CCCC1CCC(C2CCC(COC/C=C\C)CC2)CC1. The molecular weight excluding hydrogens is 292 g/mol. The Bertz CT molecular complexity index is 318. The van der Waals surface area contributed by atoms with Crippen molar-refractivity contribution in [1.29, 1.82) is 0 Å². The van der Waals surface area contributed by atoms with E-state index in [9.17, 15) is 0 Å². The zero-order valence-electron chi connectivity index (χ0n) is 16.2. The fourth-order valence-corrected chi connectivity index (χ4v) is 4.86. The maximum Gasteiger partial charge on any atom is 0.0647 e. The molecule has 0 saturated heterocycles. The monoisotopic (exact) mass is 332 g/mol. The smallest absolute Gasteiger partial charge is 0.0647 e. The molecule has 1 heteroatoms. The van der Waals surface area contributed by atoms with E-state index in [0.717, 1.165) is 36.9 Å². The average molecular weight is 333 g/mol. The molecule has 0 bridgehead atoms. The van der Waals surface area contributed by atoms with Crippen LogP contribution in [-0.2, 0) is 4.74 Å². The van der Waals surface area contributed by atoms with E-state index in [2.05, 4.69) is 38.2 Å². The summed E-state index contributed by atoms with van der Waals surface area (Å²) in [6.07, 6.45) is 24.7. The van der Waals surface area contributed by atoms with Crippen LogP contribution in [0.5, 0.6) is 0 Å². The van der Waals surface area contributed by atoms with Gasteiger partial charge in [0, 0.05) is 6.61 Å². The standard InChI is InChI=1S/C23H40O/c1-3-5-7-8-9-20-10-14-22(15-11-20)23-16-12-21(13-17-23)19-24-18-6-4-2/h3-6,20-23H,7-19H2,1-2H3/b5-3-,6-4-. The van der Waals surface area contributed by atoms with Gasteiger partial charge in [0.05, 0.1) is 6.61 Å². The molecule has 0 aliphatic heterocycles. The van der Waals surface area contributed by atoms with E-state index in [0.29, 0.717) is 0 Å². The van der Waals surface area contributed by atoms with Gasteiger partial charge in [-0.3, -0.25) is 0 Å². The second-order valence-corrected chi connectivity index (χ2v) is 8.17. The minimum absolute atomic E-state index is 0.800. The fourth-order valence-electron chi connectivity index (χ4n) is 4.86. The van der Waals surface area contributed by atoms with Crippen LogP contribution >= 0.6 is 0 Å². The van der Waals surface area contributed by atoms with Gasteiger partial charge in [-0.2, -0.15) is 0 Å². The van der Waals surface area contributed by atoms with Crippen molar-refractivity contribution < 1.29 is 4.74 Å². The zero-order valence-corrected chi connectivity index (χ0v) is 16.2. The van der Waals surface area contributed by atoms with Gasteiger partial charge >= 0.3 is 0 Å². The predicted octanol–water partition coefficient (Wildman–Crippen LogP) is 6.94. The second-order valence-electron chi connectivity index (χ2n) is 8.17. The summed E-state index contributed by atoms with van der Waals surface area (Å²) >= 11 is 0. The Labute approximate surface area is 150 Å². The molecule has 0 aromatic heterocycles. The highest BCUT2D eigenvalue weighted by Gasteiger charge is 2.30. The van der Waals surface area contributed by atoms with Crippen molar-refractivity contribution in [3.05, 3.63) is 24.3 Å². The third-order valence-corrected chi connectivity index (χ3v) is 6.47. The first-order chi connectivity index (χ1) is 11.8. The van der Waals surface area contributed by atoms with E-state index < -0.39 is 0 Å². The fraction of sp³-hybridized carbons (Fsp3) is 0.826. The molecule has 0 radical (unpaired) electrons. The van der Waals surface area contributed by atoms with Crippen LogP contribution in [-0.4, -0.2) is 13.2 Å². The van der Waals surface area contributed by atoms with Crippen LogP contribution in [0.4, 0.5) is 0 Å². The van der Waals surface area contributed by atoms with Gasteiger partial charge in [-0.25, -0.2) is 0 Å². The molecule has 1 nitrogen and oxygen atoms in total. The lowest BCUT2D eigenvalue weighted by Gasteiger charge is -2.38. The summed E-state index contributed by atoms with van der Waals surface area (Å²) in [5.74, 6) is 3.93. The van der Waals surface area contributed by atoms with Crippen LogP contribution in [0.3, 0.4) is 0 Å². The number of hydrogen-bond donors (Lipinski definition) is 0. The number of unbranched alkanes of at least 4 members (excludes halogenated alkanes) is 1. The highest BCUT2D eigenvalue weighted by molar-refractivity contribution is 4.83. The van der Waals surface area contributed by atoms with Gasteiger partial charge in [-0.15, -0.1) is 0 Å². The molecule has 0 amide bonds. The number of rotatable bonds is 9. The van der Waals surface area contributed by atoms with Crippen molar-refractivity contribution in [2.45, 2.75) is 84.5 Å². The normalized spacial score (nSPS) is 31.9. The number of allylic oxidation sites excluding steroid dienone is 3. The Morgan fingerprint density at radius 1 is 0.750 bits per heavy atom. The molecule has 2 fully saturated rings. The molecule has 0 aromatic carbocycles. The van der Waals surface area contributed by atoms with E-state index in [1.54, 1.807) is 0 Å². The summed E-state index contributed by atoms with van der Waals surface area (Å²) in [5, 5.41) is 0. The summed E-state index contributed by atoms with van der Waals surface area (Å²) < 4.78 is 5.77. The molecule has 2 aliphatic carbocycles. The lowest BCUT2D eigenvalue weighted by atomic mass is 9.69. The van der Waals surface area contributed by atoms with Gasteiger partial charge in [-0.1, -0.05) is 43.6 Å². The zero-order chi connectivity index (χ0) is 17.0. The van der Waals surface area contributed by atoms with Crippen LogP contribution in [0.2, 0.25) is 0 Å². The summed E-state index contributed by atoms with van der Waals surface area (Å²) in [6.45, 7) is 5.98. The Kier molecular flexibility index (Phi) is 9.80. The van der Waals surface area contributed by atoms with E-state index in [4.69, 9.17) is 4.74 Å². The average Bonchev–Trinajstić information content (AvgIpc) is 2.64. The molecule has 0 N–H and O–H groups in total. The van der Waals surface area contributed by atoms with Crippen molar-refractivity contribution in [2.75, 3.05) is 13.2 Å². The Balaban J connectivity index is 1.57. The first-order valence-corrected chi connectivity index (χ1v) is 10.6. The molecule has 0 spiro atoms. The van der Waals surface area contributed by atoms with E-state index in [-0.39, 0.29) is 0 Å². The summed E-state index contributed by atoms with van der Waals surface area (Å²) in [7, 11) is 0. The molecule has 0 atom stereocenters. The summed E-state index contributed by atoms with van der Waals surface area (Å²) in [4.78, 5) is 0. The molecule has 0 heterocycles. The Morgan fingerprint density at radius 3 is 1.92 bits per heavy atom. The molecule has 2 rings (SSSR count). The molecule has 2 aliphatic rings. The van der Waals surface area contributed by atoms with Crippen LogP contribution in [0.25, 0.3) is 0 Å². The van der Waals surface area contributed by atoms with Crippen molar-refractivity contribution >= 4 is 0 Å². The van der Waals surface area contributed by atoms with Gasteiger partial charge in [-0.05, 0) is 88.9 Å². The Hall–Kier alpha value is -0.560. The minimum Gasteiger partial charge on any atom is -0.377 e.